The Labute approximate surface area is 166 Å². The van der Waals surface area contributed by atoms with Gasteiger partial charge < -0.3 is 15.8 Å². The van der Waals surface area contributed by atoms with Crippen molar-refractivity contribution in [2.75, 3.05) is 11.9 Å². The molecule has 3 heterocycles. The Hall–Kier alpha value is -3.49. The Morgan fingerprint density at radius 2 is 2.10 bits per heavy atom. The summed E-state index contributed by atoms with van der Waals surface area (Å²) in [6, 6.07) is 8.73. The Morgan fingerprint density at radius 3 is 2.79 bits per heavy atom. The molecule has 3 aromatic rings. The first-order chi connectivity index (χ1) is 13.8. The van der Waals surface area contributed by atoms with Gasteiger partial charge in [-0.3, -0.25) is 9.59 Å². The number of carbonyl (C=O) groups excluding carboxylic acids is 2. The minimum absolute atomic E-state index is 0.0584. The highest BCUT2D eigenvalue weighted by molar-refractivity contribution is 5.93. The number of rotatable bonds is 2. The van der Waals surface area contributed by atoms with E-state index in [9.17, 15) is 14.0 Å². The van der Waals surface area contributed by atoms with Gasteiger partial charge in [0.1, 0.15) is 11.4 Å². The summed E-state index contributed by atoms with van der Waals surface area (Å²) in [6.45, 7) is 6.18. The summed E-state index contributed by atoms with van der Waals surface area (Å²) >= 11 is 0. The number of halogens is 1. The van der Waals surface area contributed by atoms with E-state index in [0.717, 1.165) is 11.3 Å². The van der Waals surface area contributed by atoms with E-state index in [4.69, 9.17) is 10.5 Å². The quantitative estimate of drug-likeness (QED) is 0.688. The second-order valence-corrected chi connectivity index (χ2v) is 6.94. The monoisotopic (exact) mass is 399 g/mol. The molecular formula is C20H22FN5O3. The maximum atomic E-state index is 13.4. The third-order valence-corrected chi connectivity index (χ3v) is 4.25. The SMILES string of the molecule is CC(C)c1cccc2nc(C(N)=O)nn12.Cc1cc(F)c2c(c1)OCCC(=O)N2. The Bertz CT molecular complexity index is 1080. The smallest absolute Gasteiger partial charge is 0.288 e. The van der Waals surface area contributed by atoms with Crippen LogP contribution < -0.4 is 15.8 Å². The maximum absolute atomic E-state index is 13.4. The van der Waals surface area contributed by atoms with Crippen LogP contribution in [0, 0.1) is 12.7 Å². The van der Waals surface area contributed by atoms with Crippen LogP contribution in [0.4, 0.5) is 10.1 Å². The number of nitrogens with two attached hydrogens (primary N) is 1. The molecule has 1 aromatic carbocycles. The van der Waals surface area contributed by atoms with Gasteiger partial charge in [0.15, 0.2) is 11.5 Å². The largest absolute Gasteiger partial charge is 0.491 e. The van der Waals surface area contributed by atoms with Gasteiger partial charge in [-0.15, -0.1) is 5.10 Å². The summed E-state index contributed by atoms with van der Waals surface area (Å²) in [6.07, 6.45) is 0.257. The van der Waals surface area contributed by atoms with Crippen molar-refractivity contribution in [3.8, 4) is 5.75 Å². The lowest BCUT2D eigenvalue weighted by Gasteiger charge is -2.08. The molecule has 2 amide bonds. The van der Waals surface area contributed by atoms with Crippen molar-refractivity contribution in [3.63, 3.8) is 0 Å². The van der Waals surface area contributed by atoms with Crippen LogP contribution in [0.3, 0.4) is 0 Å². The number of pyridine rings is 1. The van der Waals surface area contributed by atoms with Crippen LogP contribution in [-0.4, -0.2) is 33.0 Å². The number of anilines is 1. The minimum Gasteiger partial charge on any atom is -0.491 e. The first kappa shape index (κ1) is 20.2. The lowest BCUT2D eigenvalue weighted by atomic mass is 10.1. The summed E-state index contributed by atoms with van der Waals surface area (Å²) < 4.78 is 20.3. The molecule has 0 aliphatic carbocycles. The summed E-state index contributed by atoms with van der Waals surface area (Å²) in [4.78, 5) is 26.1. The fourth-order valence-electron chi connectivity index (χ4n) is 2.87. The summed E-state index contributed by atoms with van der Waals surface area (Å²) in [5.41, 5.74) is 7.71. The molecule has 4 rings (SSSR count). The molecule has 0 fully saturated rings. The van der Waals surface area contributed by atoms with Gasteiger partial charge >= 0.3 is 0 Å². The Balaban J connectivity index is 0.000000166. The number of benzene rings is 1. The van der Waals surface area contributed by atoms with E-state index in [1.54, 1.807) is 23.6 Å². The zero-order valence-corrected chi connectivity index (χ0v) is 16.4. The zero-order chi connectivity index (χ0) is 21.1. The van der Waals surface area contributed by atoms with Crippen LogP contribution in [0.5, 0.6) is 5.75 Å². The molecule has 0 bridgehead atoms. The van der Waals surface area contributed by atoms with Crippen LogP contribution in [0.1, 0.15) is 48.1 Å². The number of primary amides is 1. The number of carbonyl (C=O) groups is 2. The van der Waals surface area contributed by atoms with Crippen LogP contribution in [0.2, 0.25) is 0 Å². The molecule has 1 aliphatic rings. The molecule has 0 unspecified atom stereocenters. The average Bonchev–Trinajstić information content (AvgIpc) is 3.00. The molecule has 1 aliphatic heterocycles. The molecule has 0 saturated heterocycles. The van der Waals surface area contributed by atoms with Crippen molar-refractivity contribution in [2.24, 2.45) is 5.73 Å². The molecule has 29 heavy (non-hydrogen) atoms. The first-order valence-electron chi connectivity index (χ1n) is 9.14. The van der Waals surface area contributed by atoms with Gasteiger partial charge in [0.2, 0.25) is 11.7 Å². The van der Waals surface area contributed by atoms with E-state index in [2.05, 4.69) is 29.2 Å². The molecule has 2 aromatic heterocycles. The molecular weight excluding hydrogens is 377 g/mol. The first-order valence-corrected chi connectivity index (χ1v) is 9.14. The van der Waals surface area contributed by atoms with E-state index in [1.807, 2.05) is 12.1 Å². The Kier molecular flexibility index (Phi) is 5.76. The second-order valence-electron chi connectivity index (χ2n) is 6.94. The lowest BCUT2D eigenvalue weighted by Crippen LogP contribution is -2.13. The van der Waals surface area contributed by atoms with E-state index < -0.39 is 11.7 Å². The van der Waals surface area contributed by atoms with Crippen molar-refractivity contribution in [2.45, 2.75) is 33.1 Å². The third kappa shape index (κ3) is 4.50. The summed E-state index contributed by atoms with van der Waals surface area (Å²) in [7, 11) is 0. The number of amides is 2. The second kappa shape index (κ2) is 8.26. The maximum Gasteiger partial charge on any atom is 0.288 e. The molecule has 0 spiro atoms. The van der Waals surface area contributed by atoms with Gasteiger partial charge in [-0.1, -0.05) is 19.9 Å². The summed E-state index contributed by atoms with van der Waals surface area (Å²) in [5.74, 6) is -0.484. The number of aryl methyl sites for hydroxylation is 1. The van der Waals surface area contributed by atoms with Crippen molar-refractivity contribution in [1.29, 1.82) is 0 Å². The fourth-order valence-corrected chi connectivity index (χ4v) is 2.87. The number of hydrogen-bond donors (Lipinski definition) is 2. The molecule has 8 nitrogen and oxygen atoms in total. The molecule has 152 valence electrons. The number of hydrogen-bond acceptors (Lipinski definition) is 5. The van der Waals surface area contributed by atoms with Gasteiger partial charge in [-0.25, -0.2) is 13.9 Å². The normalized spacial score (nSPS) is 13.1. The third-order valence-electron chi connectivity index (χ3n) is 4.25. The van der Waals surface area contributed by atoms with Gasteiger partial charge in [0, 0.05) is 5.69 Å². The van der Waals surface area contributed by atoms with Crippen molar-refractivity contribution >= 4 is 23.1 Å². The highest BCUT2D eigenvalue weighted by atomic mass is 19.1. The van der Waals surface area contributed by atoms with Gasteiger partial charge in [-0.2, -0.15) is 0 Å². The van der Waals surface area contributed by atoms with Crippen molar-refractivity contribution < 1.29 is 18.7 Å². The van der Waals surface area contributed by atoms with Gasteiger partial charge in [-0.05, 0) is 42.7 Å². The van der Waals surface area contributed by atoms with Crippen LogP contribution in [-0.2, 0) is 4.79 Å². The predicted molar refractivity (Wildman–Crippen MR) is 105 cm³/mol. The van der Waals surface area contributed by atoms with E-state index in [1.165, 1.54) is 6.07 Å². The predicted octanol–water partition coefficient (Wildman–Crippen LogP) is 2.81. The fraction of sp³-hybridized carbons (Fsp3) is 0.300. The molecule has 0 saturated carbocycles. The number of nitrogens with one attached hydrogen (secondary N) is 1. The standard InChI is InChI=1S/C10H10FNO2.C10H12N4O/c1-6-4-7(11)10-8(5-6)14-3-2-9(13)12-10;1-6(2)7-4-3-5-8-12-10(9(11)15)13-14(7)8/h4-5H,2-3H2,1H3,(H,12,13);3-6H,1-2H3,(H2,11,15). The van der Waals surface area contributed by atoms with Crippen LogP contribution >= 0.6 is 0 Å². The molecule has 3 N–H and O–H groups in total. The minimum atomic E-state index is -0.603. The van der Waals surface area contributed by atoms with Gasteiger partial charge in [0.05, 0.1) is 13.0 Å². The lowest BCUT2D eigenvalue weighted by molar-refractivity contribution is -0.116. The van der Waals surface area contributed by atoms with Crippen LogP contribution in [0.25, 0.3) is 5.65 Å². The molecule has 0 radical (unpaired) electrons. The number of nitrogens with zero attached hydrogens (tertiary/aromatic N) is 3. The van der Waals surface area contributed by atoms with Crippen LogP contribution in [0.15, 0.2) is 30.3 Å². The molecule has 0 atom stereocenters. The zero-order valence-electron chi connectivity index (χ0n) is 16.4. The topological polar surface area (TPSA) is 112 Å². The average molecular weight is 399 g/mol. The highest BCUT2D eigenvalue weighted by Gasteiger charge is 2.17. The van der Waals surface area contributed by atoms with E-state index >= 15 is 0 Å². The van der Waals surface area contributed by atoms with Crippen molar-refractivity contribution in [1.82, 2.24) is 14.6 Å². The van der Waals surface area contributed by atoms with E-state index in [0.29, 0.717) is 23.9 Å². The van der Waals surface area contributed by atoms with Gasteiger partial charge in [0.25, 0.3) is 5.91 Å². The number of ether oxygens (including phenoxy) is 1. The van der Waals surface area contributed by atoms with E-state index in [-0.39, 0.29) is 23.8 Å². The highest BCUT2D eigenvalue weighted by Crippen LogP contribution is 2.31. The molecule has 9 heteroatoms. The Morgan fingerprint density at radius 1 is 1.34 bits per heavy atom. The summed E-state index contributed by atoms with van der Waals surface area (Å²) in [5, 5.41) is 6.54. The number of fused-ring (bicyclic) bond motifs is 2. The van der Waals surface area contributed by atoms with Crippen molar-refractivity contribution in [3.05, 3.63) is 53.2 Å². The number of aromatic nitrogens is 3.